The Labute approximate surface area is 117 Å². The number of pyridine rings is 1. The molecule has 0 saturated carbocycles. The third-order valence-electron chi connectivity index (χ3n) is 3.79. The van der Waals surface area contributed by atoms with Crippen LogP contribution >= 0.6 is 0 Å². The molecule has 1 saturated heterocycles. The zero-order chi connectivity index (χ0) is 14.2. The first kappa shape index (κ1) is 13.3. The van der Waals surface area contributed by atoms with Crippen LogP contribution in [0.1, 0.15) is 29.0 Å². The van der Waals surface area contributed by atoms with Crippen molar-refractivity contribution in [3.63, 3.8) is 0 Å². The molecule has 20 heavy (non-hydrogen) atoms. The Morgan fingerprint density at radius 1 is 1.40 bits per heavy atom. The van der Waals surface area contributed by atoms with Gasteiger partial charge in [-0.05, 0) is 30.9 Å². The van der Waals surface area contributed by atoms with Gasteiger partial charge in [0.2, 0.25) is 0 Å². The van der Waals surface area contributed by atoms with Crippen LogP contribution in [0.4, 0.5) is 0 Å². The second kappa shape index (κ2) is 5.01. The number of aromatic nitrogens is 2. The zero-order valence-corrected chi connectivity index (χ0v) is 11.8. The Morgan fingerprint density at radius 2 is 2.25 bits per heavy atom. The second-order valence-corrected chi connectivity index (χ2v) is 7.61. The maximum Gasteiger partial charge on any atom is 0.151 e. The van der Waals surface area contributed by atoms with Crippen LogP contribution in [-0.4, -0.2) is 35.6 Å². The van der Waals surface area contributed by atoms with Gasteiger partial charge in [-0.25, -0.2) is 13.4 Å². The summed E-state index contributed by atoms with van der Waals surface area (Å²) >= 11 is 0. The predicted molar refractivity (Wildman–Crippen MR) is 75.7 cm³/mol. The first-order valence-corrected chi connectivity index (χ1v) is 8.51. The van der Waals surface area contributed by atoms with Crippen molar-refractivity contribution in [3.05, 3.63) is 35.9 Å². The molecule has 0 amide bonds. The van der Waals surface area contributed by atoms with Gasteiger partial charge in [0, 0.05) is 18.2 Å². The summed E-state index contributed by atoms with van der Waals surface area (Å²) in [7, 11) is -2.89. The third kappa shape index (κ3) is 2.60. The number of sulfone groups is 1. The van der Waals surface area contributed by atoms with Gasteiger partial charge in [-0.15, -0.1) is 0 Å². The highest BCUT2D eigenvalue weighted by Gasteiger charge is 2.25. The van der Waals surface area contributed by atoms with E-state index in [0.717, 1.165) is 30.5 Å². The van der Waals surface area contributed by atoms with Crippen molar-refractivity contribution >= 4 is 21.6 Å². The van der Waals surface area contributed by atoms with Crippen molar-refractivity contribution in [2.75, 3.05) is 11.5 Å². The molecule has 0 spiro atoms. The Bertz CT molecular complexity index is 749. The van der Waals surface area contributed by atoms with Crippen molar-refractivity contribution < 1.29 is 13.2 Å². The van der Waals surface area contributed by atoms with E-state index in [1.54, 1.807) is 18.5 Å². The standard InChI is InChI=1S/C14H16N2O3S/c17-9-12-3-4-13-7-15-14(16(13)8-12)6-11-2-1-5-20(18,19)10-11/h3-4,7-9,11H,1-2,5-6,10H2. The number of hydrogen-bond donors (Lipinski definition) is 0. The van der Waals surface area contributed by atoms with E-state index in [0.29, 0.717) is 17.7 Å². The summed E-state index contributed by atoms with van der Waals surface area (Å²) in [6.45, 7) is 0. The number of fused-ring (bicyclic) bond motifs is 1. The lowest BCUT2D eigenvalue weighted by molar-refractivity contribution is 0.112. The average molecular weight is 292 g/mol. The van der Waals surface area contributed by atoms with E-state index < -0.39 is 9.84 Å². The molecule has 1 aliphatic heterocycles. The number of nitrogens with zero attached hydrogens (tertiary/aromatic N) is 2. The molecule has 5 nitrogen and oxygen atoms in total. The minimum Gasteiger partial charge on any atom is -0.303 e. The van der Waals surface area contributed by atoms with E-state index in [1.807, 2.05) is 10.5 Å². The highest BCUT2D eigenvalue weighted by atomic mass is 32.2. The highest BCUT2D eigenvalue weighted by molar-refractivity contribution is 7.91. The van der Waals surface area contributed by atoms with Gasteiger partial charge >= 0.3 is 0 Å². The fourth-order valence-corrected chi connectivity index (χ4v) is 4.59. The normalized spacial score (nSPS) is 21.9. The number of imidazole rings is 1. The molecule has 1 fully saturated rings. The lowest BCUT2D eigenvalue weighted by atomic mass is 10.0. The van der Waals surface area contributed by atoms with Crippen molar-refractivity contribution in [2.24, 2.45) is 5.92 Å². The molecule has 3 heterocycles. The number of aldehydes is 1. The van der Waals surface area contributed by atoms with Crippen LogP contribution in [-0.2, 0) is 16.3 Å². The summed E-state index contributed by atoms with van der Waals surface area (Å²) < 4.78 is 25.2. The van der Waals surface area contributed by atoms with Crippen molar-refractivity contribution in [1.29, 1.82) is 0 Å². The molecule has 6 heteroatoms. The van der Waals surface area contributed by atoms with Crippen LogP contribution < -0.4 is 0 Å². The van der Waals surface area contributed by atoms with Crippen LogP contribution in [0.15, 0.2) is 24.5 Å². The van der Waals surface area contributed by atoms with E-state index in [2.05, 4.69) is 4.98 Å². The molecule has 1 atom stereocenters. The smallest absolute Gasteiger partial charge is 0.151 e. The van der Waals surface area contributed by atoms with Gasteiger partial charge in [-0.2, -0.15) is 0 Å². The molecule has 0 aliphatic carbocycles. The minimum absolute atomic E-state index is 0.124. The lowest BCUT2D eigenvalue weighted by Gasteiger charge is -2.21. The Kier molecular flexibility index (Phi) is 3.33. The van der Waals surface area contributed by atoms with E-state index in [9.17, 15) is 13.2 Å². The van der Waals surface area contributed by atoms with Crippen LogP contribution in [0.3, 0.4) is 0 Å². The molecule has 2 aromatic rings. The molecule has 0 radical (unpaired) electrons. The minimum atomic E-state index is -2.89. The van der Waals surface area contributed by atoms with Gasteiger partial charge in [0.15, 0.2) is 16.1 Å². The molecule has 1 aliphatic rings. The first-order valence-electron chi connectivity index (χ1n) is 6.69. The molecule has 106 valence electrons. The monoisotopic (exact) mass is 292 g/mol. The summed E-state index contributed by atoms with van der Waals surface area (Å²) in [6, 6.07) is 3.59. The van der Waals surface area contributed by atoms with Crippen LogP contribution in [0.5, 0.6) is 0 Å². The van der Waals surface area contributed by atoms with Crippen molar-refractivity contribution in [3.8, 4) is 0 Å². The Morgan fingerprint density at radius 3 is 3.00 bits per heavy atom. The van der Waals surface area contributed by atoms with Crippen LogP contribution in [0.2, 0.25) is 0 Å². The largest absolute Gasteiger partial charge is 0.303 e. The van der Waals surface area contributed by atoms with Gasteiger partial charge in [0.1, 0.15) is 5.82 Å². The fraction of sp³-hybridized carbons (Fsp3) is 0.429. The number of hydrogen-bond acceptors (Lipinski definition) is 4. The zero-order valence-electron chi connectivity index (χ0n) is 11.0. The van der Waals surface area contributed by atoms with Crippen LogP contribution in [0, 0.1) is 5.92 Å². The van der Waals surface area contributed by atoms with Gasteiger partial charge in [-0.3, -0.25) is 4.79 Å². The van der Waals surface area contributed by atoms with Crippen molar-refractivity contribution in [1.82, 2.24) is 9.38 Å². The lowest BCUT2D eigenvalue weighted by Crippen LogP contribution is -2.27. The summed E-state index contributed by atoms with van der Waals surface area (Å²) in [5, 5.41) is 0. The molecule has 1 unspecified atom stereocenters. The van der Waals surface area contributed by atoms with Gasteiger partial charge < -0.3 is 4.40 Å². The maximum atomic E-state index is 11.7. The summed E-state index contributed by atoms with van der Waals surface area (Å²) in [5.74, 6) is 1.50. The van der Waals surface area contributed by atoms with Crippen molar-refractivity contribution in [2.45, 2.75) is 19.3 Å². The number of carbonyl (C=O) groups is 1. The molecular formula is C14H16N2O3S. The first-order chi connectivity index (χ1) is 9.57. The molecular weight excluding hydrogens is 276 g/mol. The molecule has 3 rings (SSSR count). The van der Waals surface area contributed by atoms with Crippen LogP contribution in [0.25, 0.3) is 5.52 Å². The number of carbonyl (C=O) groups excluding carboxylic acids is 1. The molecule has 0 N–H and O–H groups in total. The SMILES string of the molecule is O=Cc1ccc2cnc(CC3CCCS(=O)(=O)C3)n2c1. The Hall–Kier alpha value is -1.69. The quantitative estimate of drug-likeness (QED) is 0.804. The van der Waals surface area contributed by atoms with E-state index in [-0.39, 0.29) is 11.7 Å². The van der Waals surface area contributed by atoms with E-state index in [4.69, 9.17) is 0 Å². The molecule has 0 bridgehead atoms. The molecule has 2 aromatic heterocycles. The average Bonchev–Trinajstić information content (AvgIpc) is 2.80. The highest BCUT2D eigenvalue weighted by Crippen LogP contribution is 2.22. The van der Waals surface area contributed by atoms with Gasteiger partial charge in [-0.1, -0.05) is 0 Å². The summed E-state index contributed by atoms with van der Waals surface area (Å²) in [5.41, 5.74) is 1.51. The van der Waals surface area contributed by atoms with E-state index >= 15 is 0 Å². The van der Waals surface area contributed by atoms with Gasteiger partial charge in [0.25, 0.3) is 0 Å². The van der Waals surface area contributed by atoms with E-state index in [1.165, 1.54) is 0 Å². The Balaban J connectivity index is 1.89. The predicted octanol–water partition coefficient (Wildman–Crippen LogP) is 1.51. The maximum absolute atomic E-state index is 11.7. The second-order valence-electron chi connectivity index (χ2n) is 5.38. The third-order valence-corrected chi connectivity index (χ3v) is 5.68. The summed E-state index contributed by atoms with van der Waals surface area (Å²) in [4.78, 5) is 15.2. The van der Waals surface area contributed by atoms with Gasteiger partial charge in [0.05, 0.1) is 23.2 Å². The fourth-order valence-electron chi connectivity index (χ4n) is 2.82. The topological polar surface area (TPSA) is 68.5 Å². The summed E-state index contributed by atoms with van der Waals surface area (Å²) in [6.07, 6.45) is 6.59. The molecule has 0 aromatic carbocycles. The number of rotatable bonds is 3.